The minimum atomic E-state index is 0.419. The van der Waals surface area contributed by atoms with Gasteiger partial charge in [0.25, 0.3) is 0 Å². The van der Waals surface area contributed by atoms with Crippen LogP contribution in [0.25, 0.3) is 10.9 Å². The molecular formula is C14H15NO. The number of carbonyl (C=O) groups is 1. The van der Waals surface area contributed by atoms with Crippen LogP contribution in [0, 0.1) is 0 Å². The number of nitrogens with one attached hydrogen (secondary N) is 1. The summed E-state index contributed by atoms with van der Waals surface area (Å²) in [6.45, 7) is 0. The van der Waals surface area contributed by atoms with Crippen molar-refractivity contribution in [3.8, 4) is 0 Å². The van der Waals surface area contributed by atoms with E-state index in [0.717, 1.165) is 25.7 Å². The minimum absolute atomic E-state index is 0.419. The number of ketones is 1. The van der Waals surface area contributed by atoms with Crippen LogP contribution in [0.1, 0.15) is 37.2 Å². The van der Waals surface area contributed by atoms with Gasteiger partial charge in [-0.25, -0.2) is 0 Å². The Morgan fingerprint density at radius 1 is 1.25 bits per heavy atom. The van der Waals surface area contributed by atoms with E-state index in [0.29, 0.717) is 11.7 Å². The van der Waals surface area contributed by atoms with E-state index in [1.807, 2.05) is 6.20 Å². The van der Waals surface area contributed by atoms with E-state index in [4.69, 9.17) is 0 Å². The summed E-state index contributed by atoms with van der Waals surface area (Å²) in [6, 6.07) is 8.57. The highest BCUT2D eigenvalue weighted by Gasteiger charge is 2.20. The van der Waals surface area contributed by atoms with Crippen LogP contribution in [0.4, 0.5) is 0 Å². The molecule has 1 aromatic carbocycles. The summed E-state index contributed by atoms with van der Waals surface area (Å²) in [5.74, 6) is 0.858. The number of aromatic amines is 1. The van der Waals surface area contributed by atoms with Gasteiger partial charge in [-0.1, -0.05) is 12.1 Å². The quantitative estimate of drug-likeness (QED) is 0.773. The number of hydrogen-bond donors (Lipinski definition) is 1. The average Bonchev–Trinajstić information content (AvgIpc) is 2.75. The molecule has 0 aliphatic heterocycles. The second-order valence-electron chi connectivity index (χ2n) is 4.66. The fraction of sp³-hybridized carbons (Fsp3) is 0.357. The fourth-order valence-corrected chi connectivity index (χ4v) is 2.63. The van der Waals surface area contributed by atoms with E-state index in [-0.39, 0.29) is 0 Å². The van der Waals surface area contributed by atoms with Crippen molar-refractivity contribution in [3.05, 3.63) is 36.0 Å². The number of carbonyl (C=O) groups excluding carboxylic acids is 1. The topological polar surface area (TPSA) is 32.9 Å². The molecule has 1 fully saturated rings. The molecule has 16 heavy (non-hydrogen) atoms. The molecule has 0 amide bonds. The smallest absolute Gasteiger partial charge is 0.133 e. The lowest BCUT2D eigenvalue weighted by Gasteiger charge is -2.21. The van der Waals surface area contributed by atoms with Crippen molar-refractivity contribution in [1.82, 2.24) is 4.98 Å². The van der Waals surface area contributed by atoms with Gasteiger partial charge in [0, 0.05) is 24.6 Å². The number of Topliss-reactive ketones (excluding diaryl/α,β-unsaturated/α-hetero) is 1. The lowest BCUT2D eigenvalue weighted by atomic mass is 9.83. The molecule has 0 saturated heterocycles. The van der Waals surface area contributed by atoms with Gasteiger partial charge < -0.3 is 4.98 Å². The van der Waals surface area contributed by atoms with Crippen LogP contribution >= 0.6 is 0 Å². The molecule has 82 valence electrons. The molecule has 3 rings (SSSR count). The lowest BCUT2D eigenvalue weighted by molar-refractivity contribution is -0.120. The zero-order valence-electron chi connectivity index (χ0n) is 9.20. The lowest BCUT2D eigenvalue weighted by Crippen LogP contribution is -2.13. The monoisotopic (exact) mass is 213 g/mol. The van der Waals surface area contributed by atoms with Crippen molar-refractivity contribution in [2.45, 2.75) is 31.6 Å². The van der Waals surface area contributed by atoms with Crippen molar-refractivity contribution in [2.24, 2.45) is 0 Å². The molecule has 0 spiro atoms. The number of fused-ring (bicyclic) bond motifs is 1. The van der Waals surface area contributed by atoms with Gasteiger partial charge in [0.05, 0.1) is 0 Å². The van der Waals surface area contributed by atoms with Gasteiger partial charge in [-0.2, -0.15) is 0 Å². The third kappa shape index (κ3) is 1.64. The van der Waals surface area contributed by atoms with Crippen LogP contribution in [0.3, 0.4) is 0 Å². The van der Waals surface area contributed by atoms with Crippen LogP contribution in [0.15, 0.2) is 30.5 Å². The molecule has 0 bridgehead atoms. The summed E-state index contributed by atoms with van der Waals surface area (Å²) in [5.41, 5.74) is 2.48. The Labute approximate surface area is 94.7 Å². The van der Waals surface area contributed by atoms with Gasteiger partial charge in [0.2, 0.25) is 0 Å². The molecule has 1 atom stereocenters. The second-order valence-corrected chi connectivity index (χ2v) is 4.66. The highest BCUT2D eigenvalue weighted by Crippen LogP contribution is 2.32. The van der Waals surface area contributed by atoms with E-state index in [1.165, 1.54) is 16.5 Å². The Bertz CT molecular complexity index is 526. The van der Waals surface area contributed by atoms with Gasteiger partial charge in [0.1, 0.15) is 5.78 Å². The second kappa shape index (κ2) is 3.78. The van der Waals surface area contributed by atoms with Gasteiger partial charge in [-0.05, 0) is 41.8 Å². The Morgan fingerprint density at radius 2 is 2.19 bits per heavy atom. The maximum absolute atomic E-state index is 11.5. The molecule has 1 aromatic heterocycles. The van der Waals surface area contributed by atoms with E-state index in [2.05, 4.69) is 29.2 Å². The van der Waals surface area contributed by atoms with Crippen molar-refractivity contribution in [2.75, 3.05) is 0 Å². The number of H-pyrrole nitrogens is 1. The summed E-state index contributed by atoms with van der Waals surface area (Å²) in [6.07, 6.45) is 5.66. The standard InChI is InChI=1S/C14H15NO/c16-13-3-1-2-11(8-13)12-5-4-10-6-7-15-14(10)9-12/h4-7,9,11,15H,1-3,8H2. The Hall–Kier alpha value is -1.57. The van der Waals surface area contributed by atoms with Crippen molar-refractivity contribution in [3.63, 3.8) is 0 Å². The largest absolute Gasteiger partial charge is 0.361 e. The molecule has 2 heteroatoms. The minimum Gasteiger partial charge on any atom is -0.361 e. The predicted molar refractivity (Wildman–Crippen MR) is 64.5 cm³/mol. The Kier molecular flexibility index (Phi) is 2.28. The fourth-order valence-electron chi connectivity index (χ4n) is 2.63. The van der Waals surface area contributed by atoms with E-state index in [9.17, 15) is 4.79 Å². The molecule has 1 heterocycles. The first kappa shape index (κ1) is 9.64. The number of hydrogen-bond acceptors (Lipinski definition) is 1. The van der Waals surface area contributed by atoms with E-state index < -0.39 is 0 Å². The first-order valence-corrected chi connectivity index (χ1v) is 5.92. The maximum Gasteiger partial charge on any atom is 0.133 e. The number of benzene rings is 1. The summed E-state index contributed by atoms with van der Waals surface area (Å²) in [5, 5.41) is 1.24. The molecule has 1 aliphatic carbocycles. The Morgan fingerprint density at radius 3 is 3.06 bits per heavy atom. The maximum atomic E-state index is 11.5. The normalized spacial score (nSPS) is 21.5. The number of aromatic nitrogens is 1. The first-order chi connectivity index (χ1) is 7.83. The highest BCUT2D eigenvalue weighted by atomic mass is 16.1. The molecule has 1 aliphatic rings. The van der Waals surface area contributed by atoms with Crippen molar-refractivity contribution in [1.29, 1.82) is 0 Å². The molecule has 1 N–H and O–H groups in total. The molecule has 2 aromatic rings. The van der Waals surface area contributed by atoms with Crippen LogP contribution in [-0.2, 0) is 4.79 Å². The first-order valence-electron chi connectivity index (χ1n) is 5.92. The van der Waals surface area contributed by atoms with Gasteiger partial charge in [-0.3, -0.25) is 4.79 Å². The van der Waals surface area contributed by atoms with Gasteiger partial charge in [0.15, 0.2) is 0 Å². The van der Waals surface area contributed by atoms with E-state index >= 15 is 0 Å². The molecule has 2 nitrogen and oxygen atoms in total. The predicted octanol–water partition coefficient (Wildman–Crippen LogP) is 3.39. The molecule has 1 saturated carbocycles. The summed E-state index contributed by atoms with van der Waals surface area (Å²) < 4.78 is 0. The Balaban J connectivity index is 1.95. The summed E-state index contributed by atoms with van der Waals surface area (Å²) in [7, 11) is 0. The van der Waals surface area contributed by atoms with Crippen LogP contribution in [0.2, 0.25) is 0 Å². The van der Waals surface area contributed by atoms with Crippen LogP contribution in [-0.4, -0.2) is 10.8 Å². The summed E-state index contributed by atoms with van der Waals surface area (Å²) in [4.78, 5) is 14.7. The van der Waals surface area contributed by atoms with E-state index in [1.54, 1.807) is 0 Å². The van der Waals surface area contributed by atoms with Crippen LogP contribution < -0.4 is 0 Å². The third-order valence-electron chi connectivity index (χ3n) is 3.53. The van der Waals surface area contributed by atoms with Gasteiger partial charge in [-0.15, -0.1) is 0 Å². The van der Waals surface area contributed by atoms with Crippen LogP contribution in [0.5, 0.6) is 0 Å². The molecule has 0 radical (unpaired) electrons. The zero-order valence-corrected chi connectivity index (χ0v) is 9.20. The SMILES string of the molecule is O=C1CCCC(c2ccc3cc[nH]c3c2)C1. The molecular weight excluding hydrogens is 198 g/mol. The average molecular weight is 213 g/mol. The zero-order chi connectivity index (χ0) is 11.0. The number of rotatable bonds is 1. The summed E-state index contributed by atoms with van der Waals surface area (Å²) >= 11 is 0. The van der Waals surface area contributed by atoms with Gasteiger partial charge >= 0.3 is 0 Å². The third-order valence-corrected chi connectivity index (χ3v) is 3.53. The molecule has 1 unspecified atom stereocenters. The van der Waals surface area contributed by atoms with Crippen molar-refractivity contribution >= 4 is 16.7 Å². The van der Waals surface area contributed by atoms with Crippen molar-refractivity contribution < 1.29 is 4.79 Å². The highest BCUT2D eigenvalue weighted by molar-refractivity contribution is 5.82.